The highest BCUT2D eigenvalue weighted by Crippen LogP contribution is 2.16. The van der Waals surface area contributed by atoms with Crippen LogP contribution in [0, 0.1) is 25.7 Å². The van der Waals surface area contributed by atoms with Crippen LogP contribution in [-0.2, 0) is 0 Å². The number of aromatic nitrogens is 1. The average molecular weight is 279 g/mol. The maximum atomic E-state index is 12.4. The van der Waals surface area contributed by atoms with Crippen LogP contribution in [0.5, 0.6) is 0 Å². The minimum Gasteiger partial charge on any atom is -0.322 e. The van der Waals surface area contributed by atoms with E-state index in [-0.39, 0.29) is 12.5 Å². The lowest BCUT2D eigenvalue weighted by Gasteiger charge is -2.08. The van der Waals surface area contributed by atoms with Gasteiger partial charge in [-0.2, -0.15) is 0 Å². The fourth-order valence-electron chi connectivity index (χ4n) is 2.08. The van der Waals surface area contributed by atoms with Gasteiger partial charge < -0.3 is 11.1 Å². The molecule has 0 saturated carbocycles. The first-order valence-electron chi connectivity index (χ1n) is 6.63. The molecule has 4 nitrogen and oxygen atoms in total. The Labute approximate surface area is 124 Å². The highest BCUT2D eigenvalue weighted by molar-refractivity contribution is 6.05. The second kappa shape index (κ2) is 6.69. The number of nitrogens with zero attached hydrogens (tertiary/aromatic N) is 1. The summed E-state index contributed by atoms with van der Waals surface area (Å²) < 4.78 is 0. The van der Waals surface area contributed by atoms with Crippen molar-refractivity contribution >= 4 is 11.6 Å². The number of hydrogen-bond acceptors (Lipinski definition) is 3. The predicted octanol–water partition coefficient (Wildman–Crippen LogP) is 2.26. The third-order valence-corrected chi connectivity index (χ3v) is 2.87. The minimum absolute atomic E-state index is 0.205. The molecule has 0 bridgehead atoms. The number of rotatable bonds is 2. The van der Waals surface area contributed by atoms with E-state index in [0.717, 1.165) is 16.8 Å². The van der Waals surface area contributed by atoms with Gasteiger partial charge in [0.05, 0.1) is 17.7 Å². The van der Waals surface area contributed by atoms with E-state index in [1.54, 1.807) is 18.5 Å². The lowest BCUT2D eigenvalue weighted by molar-refractivity contribution is 0.102. The standard InChI is InChI=1S/C17H17N3O/c1-12-8-13(2)10-15(9-12)20-17(21)16-5-7-19-11-14(16)4-3-6-18/h5,7-11H,6,18H2,1-2H3,(H,20,21). The zero-order valence-corrected chi connectivity index (χ0v) is 12.1. The van der Waals surface area contributed by atoms with Gasteiger partial charge in [-0.25, -0.2) is 0 Å². The number of amides is 1. The Balaban J connectivity index is 2.28. The monoisotopic (exact) mass is 279 g/mol. The summed E-state index contributed by atoms with van der Waals surface area (Å²) in [6.45, 7) is 4.23. The number of pyridine rings is 1. The summed E-state index contributed by atoms with van der Waals surface area (Å²) in [7, 11) is 0. The van der Waals surface area contributed by atoms with Gasteiger partial charge in [0.1, 0.15) is 0 Å². The van der Waals surface area contributed by atoms with Crippen LogP contribution in [0.1, 0.15) is 27.0 Å². The molecule has 1 amide bonds. The Morgan fingerprint density at radius 3 is 2.67 bits per heavy atom. The number of nitrogens with two attached hydrogens (primary N) is 1. The highest BCUT2D eigenvalue weighted by Gasteiger charge is 2.10. The normalized spacial score (nSPS) is 9.67. The molecule has 0 aliphatic heterocycles. The van der Waals surface area contributed by atoms with Crippen molar-refractivity contribution in [3.8, 4) is 11.8 Å². The molecule has 1 aromatic heterocycles. The Hall–Kier alpha value is -2.64. The summed E-state index contributed by atoms with van der Waals surface area (Å²) >= 11 is 0. The number of carbonyl (C=O) groups is 1. The van der Waals surface area contributed by atoms with Gasteiger partial charge in [-0.15, -0.1) is 0 Å². The van der Waals surface area contributed by atoms with Gasteiger partial charge >= 0.3 is 0 Å². The number of aryl methyl sites for hydroxylation is 2. The van der Waals surface area contributed by atoms with Gasteiger partial charge in [0.2, 0.25) is 0 Å². The molecule has 0 atom stereocenters. The fourth-order valence-corrected chi connectivity index (χ4v) is 2.08. The average Bonchev–Trinajstić information content (AvgIpc) is 2.44. The van der Waals surface area contributed by atoms with Gasteiger partial charge in [0, 0.05) is 18.1 Å². The van der Waals surface area contributed by atoms with E-state index in [1.807, 2.05) is 26.0 Å². The smallest absolute Gasteiger partial charge is 0.257 e. The topological polar surface area (TPSA) is 68.0 Å². The van der Waals surface area contributed by atoms with Gasteiger partial charge in [-0.3, -0.25) is 9.78 Å². The number of nitrogens with one attached hydrogen (secondary N) is 1. The third-order valence-electron chi connectivity index (χ3n) is 2.87. The van der Waals surface area contributed by atoms with Crippen molar-refractivity contribution in [2.45, 2.75) is 13.8 Å². The molecule has 0 radical (unpaired) electrons. The number of benzene rings is 1. The molecule has 2 aromatic rings. The molecule has 4 heteroatoms. The largest absolute Gasteiger partial charge is 0.322 e. The van der Waals surface area contributed by atoms with Crippen LogP contribution in [0.4, 0.5) is 5.69 Å². The minimum atomic E-state index is -0.205. The van der Waals surface area contributed by atoms with Crippen molar-refractivity contribution < 1.29 is 4.79 Å². The van der Waals surface area contributed by atoms with E-state index in [1.165, 1.54) is 0 Å². The summed E-state index contributed by atoms with van der Waals surface area (Å²) in [6.07, 6.45) is 3.14. The second-order valence-corrected chi connectivity index (χ2v) is 4.76. The maximum Gasteiger partial charge on any atom is 0.257 e. The first-order valence-corrected chi connectivity index (χ1v) is 6.63. The van der Waals surface area contributed by atoms with Crippen LogP contribution in [-0.4, -0.2) is 17.4 Å². The Morgan fingerprint density at radius 1 is 1.29 bits per heavy atom. The zero-order valence-electron chi connectivity index (χ0n) is 12.1. The molecule has 106 valence electrons. The van der Waals surface area contributed by atoms with Crippen LogP contribution in [0.3, 0.4) is 0 Å². The van der Waals surface area contributed by atoms with Gasteiger partial charge in [0.15, 0.2) is 0 Å². The molecule has 0 spiro atoms. The second-order valence-electron chi connectivity index (χ2n) is 4.76. The van der Waals surface area contributed by atoms with Crippen molar-refractivity contribution in [1.82, 2.24) is 4.98 Å². The molecule has 1 aromatic carbocycles. The zero-order chi connectivity index (χ0) is 15.2. The molecule has 0 aliphatic rings. The van der Waals surface area contributed by atoms with Crippen LogP contribution < -0.4 is 11.1 Å². The lowest BCUT2D eigenvalue weighted by Crippen LogP contribution is -2.14. The molecule has 21 heavy (non-hydrogen) atoms. The molecule has 0 saturated heterocycles. The van der Waals surface area contributed by atoms with E-state index in [2.05, 4.69) is 28.2 Å². The van der Waals surface area contributed by atoms with E-state index >= 15 is 0 Å². The summed E-state index contributed by atoms with van der Waals surface area (Å²) in [4.78, 5) is 16.4. The Morgan fingerprint density at radius 2 is 2.00 bits per heavy atom. The van der Waals surface area contributed by atoms with Crippen molar-refractivity contribution in [2.75, 3.05) is 11.9 Å². The van der Waals surface area contributed by atoms with Crippen LogP contribution in [0.2, 0.25) is 0 Å². The van der Waals surface area contributed by atoms with Gasteiger partial charge in [-0.05, 0) is 43.2 Å². The third kappa shape index (κ3) is 3.91. The number of hydrogen-bond donors (Lipinski definition) is 2. The molecule has 1 heterocycles. The van der Waals surface area contributed by atoms with Crippen LogP contribution in [0.25, 0.3) is 0 Å². The highest BCUT2D eigenvalue weighted by atomic mass is 16.1. The van der Waals surface area contributed by atoms with Crippen molar-refractivity contribution in [1.29, 1.82) is 0 Å². The quantitative estimate of drug-likeness (QED) is 0.829. The van der Waals surface area contributed by atoms with Gasteiger partial charge in [-0.1, -0.05) is 17.9 Å². The number of anilines is 1. The Kier molecular flexibility index (Phi) is 4.70. The van der Waals surface area contributed by atoms with Crippen LogP contribution >= 0.6 is 0 Å². The van der Waals surface area contributed by atoms with E-state index in [4.69, 9.17) is 5.73 Å². The molecular formula is C17H17N3O. The number of carbonyl (C=O) groups excluding carboxylic acids is 1. The first kappa shape index (κ1) is 14.8. The fraction of sp³-hybridized carbons (Fsp3) is 0.176. The first-order chi connectivity index (χ1) is 10.1. The predicted molar refractivity (Wildman–Crippen MR) is 84.0 cm³/mol. The molecule has 2 rings (SSSR count). The lowest BCUT2D eigenvalue weighted by atomic mass is 10.1. The Bertz CT molecular complexity index is 706. The summed E-state index contributed by atoms with van der Waals surface area (Å²) in [5.41, 5.74) is 9.40. The summed E-state index contributed by atoms with van der Waals surface area (Å²) in [5.74, 6) is 5.40. The van der Waals surface area contributed by atoms with Crippen LogP contribution in [0.15, 0.2) is 36.7 Å². The molecule has 0 unspecified atom stereocenters. The maximum absolute atomic E-state index is 12.4. The van der Waals surface area contributed by atoms with E-state index in [0.29, 0.717) is 11.1 Å². The molecule has 0 aliphatic carbocycles. The summed E-state index contributed by atoms with van der Waals surface area (Å²) in [6, 6.07) is 7.56. The molecule has 3 N–H and O–H groups in total. The van der Waals surface area contributed by atoms with Crippen molar-refractivity contribution in [3.63, 3.8) is 0 Å². The molecular weight excluding hydrogens is 262 g/mol. The SMILES string of the molecule is Cc1cc(C)cc(NC(=O)c2ccncc2C#CCN)c1. The van der Waals surface area contributed by atoms with E-state index < -0.39 is 0 Å². The summed E-state index contributed by atoms with van der Waals surface area (Å²) in [5, 5.41) is 2.89. The van der Waals surface area contributed by atoms with E-state index in [9.17, 15) is 4.79 Å². The van der Waals surface area contributed by atoms with Crippen molar-refractivity contribution in [3.05, 3.63) is 58.9 Å². The van der Waals surface area contributed by atoms with Gasteiger partial charge in [0.25, 0.3) is 5.91 Å². The van der Waals surface area contributed by atoms with Crippen molar-refractivity contribution in [2.24, 2.45) is 5.73 Å². The molecule has 0 fully saturated rings.